The van der Waals surface area contributed by atoms with Gasteiger partial charge in [-0.1, -0.05) is 25.9 Å². The lowest BCUT2D eigenvalue weighted by Gasteiger charge is -2.12. The zero-order chi connectivity index (χ0) is 15.6. The summed E-state index contributed by atoms with van der Waals surface area (Å²) in [6, 6.07) is 3.17. The monoisotopic (exact) mass is 288 g/mol. The minimum Gasteiger partial charge on any atom is -0.340 e. The van der Waals surface area contributed by atoms with E-state index in [1.165, 1.54) is 0 Å². The number of nitrogens with one attached hydrogen (secondary N) is 1. The van der Waals surface area contributed by atoms with Crippen LogP contribution in [0.15, 0.2) is 22.9 Å². The summed E-state index contributed by atoms with van der Waals surface area (Å²) >= 11 is 0. The molecular formula is C15H20N4O2. The van der Waals surface area contributed by atoms with Crippen LogP contribution in [0.5, 0.6) is 0 Å². The highest BCUT2D eigenvalue weighted by molar-refractivity contribution is 5.94. The maximum atomic E-state index is 12.1. The third-order valence-electron chi connectivity index (χ3n) is 3.00. The molecule has 112 valence electrons. The number of carbonyl (C=O) groups excluding carboxylic acids is 1. The van der Waals surface area contributed by atoms with E-state index in [0.717, 1.165) is 5.69 Å². The Morgan fingerprint density at radius 3 is 2.57 bits per heavy atom. The molecule has 0 aliphatic heterocycles. The second kappa shape index (κ2) is 5.63. The molecule has 6 heteroatoms. The van der Waals surface area contributed by atoms with Crippen molar-refractivity contribution in [2.24, 2.45) is 0 Å². The minimum absolute atomic E-state index is 0.188. The van der Waals surface area contributed by atoms with Gasteiger partial charge in [0.2, 0.25) is 5.89 Å². The summed E-state index contributed by atoms with van der Waals surface area (Å²) in [4.78, 5) is 20.5. The zero-order valence-corrected chi connectivity index (χ0v) is 13.0. The number of pyridine rings is 1. The molecule has 1 unspecified atom stereocenters. The SMILES string of the molecule is Cc1ccc(C(=O)NC(C)c2nc(C(C)(C)C)no2)cn1. The summed E-state index contributed by atoms with van der Waals surface area (Å²) in [7, 11) is 0. The van der Waals surface area contributed by atoms with Crippen LogP contribution in [0.2, 0.25) is 0 Å². The molecule has 0 aliphatic carbocycles. The van der Waals surface area contributed by atoms with Gasteiger partial charge in [-0.3, -0.25) is 9.78 Å². The Kier molecular flexibility index (Phi) is 4.06. The Morgan fingerprint density at radius 1 is 1.33 bits per heavy atom. The van der Waals surface area contributed by atoms with Gasteiger partial charge >= 0.3 is 0 Å². The number of hydrogen-bond acceptors (Lipinski definition) is 5. The molecule has 0 fully saturated rings. The summed E-state index contributed by atoms with van der Waals surface area (Å²) in [5, 5.41) is 6.77. The van der Waals surface area contributed by atoms with Gasteiger partial charge in [0.15, 0.2) is 5.82 Å². The first-order valence-electron chi connectivity index (χ1n) is 6.85. The first-order chi connectivity index (χ1) is 9.77. The quantitative estimate of drug-likeness (QED) is 0.938. The summed E-state index contributed by atoms with van der Waals surface area (Å²) in [5.74, 6) is 0.800. The number of hydrogen-bond donors (Lipinski definition) is 1. The average Bonchev–Trinajstić information content (AvgIpc) is 2.88. The average molecular weight is 288 g/mol. The predicted molar refractivity (Wildman–Crippen MR) is 77.9 cm³/mol. The van der Waals surface area contributed by atoms with Crippen molar-refractivity contribution in [3.05, 3.63) is 41.3 Å². The standard InChI is InChI=1S/C15H20N4O2/c1-9-6-7-11(8-16-9)12(20)17-10(2)13-18-14(19-21-13)15(3,4)5/h6-8,10H,1-5H3,(H,17,20). The van der Waals surface area contributed by atoms with Crippen molar-refractivity contribution in [2.75, 3.05) is 0 Å². The normalized spacial score (nSPS) is 13.0. The fraction of sp³-hybridized carbons (Fsp3) is 0.467. The Bertz CT molecular complexity index is 626. The molecule has 21 heavy (non-hydrogen) atoms. The molecule has 0 aliphatic rings. The molecule has 0 bridgehead atoms. The first kappa shape index (κ1) is 15.2. The lowest BCUT2D eigenvalue weighted by Crippen LogP contribution is -2.27. The highest BCUT2D eigenvalue weighted by atomic mass is 16.5. The summed E-state index contributed by atoms with van der Waals surface area (Å²) in [6.45, 7) is 9.69. The maximum absolute atomic E-state index is 12.1. The number of rotatable bonds is 3. The molecule has 0 radical (unpaired) electrons. The van der Waals surface area contributed by atoms with Crippen molar-refractivity contribution >= 4 is 5.91 Å². The summed E-state index contributed by atoms with van der Waals surface area (Å²) in [5.41, 5.74) is 1.18. The molecule has 1 atom stereocenters. The van der Waals surface area contributed by atoms with Crippen LogP contribution in [0.1, 0.15) is 61.5 Å². The fourth-order valence-corrected chi connectivity index (χ4v) is 1.66. The van der Waals surface area contributed by atoms with Gasteiger partial charge in [-0.15, -0.1) is 0 Å². The number of aromatic nitrogens is 3. The Balaban J connectivity index is 2.07. The fourth-order valence-electron chi connectivity index (χ4n) is 1.66. The van der Waals surface area contributed by atoms with Gasteiger partial charge in [-0.05, 0) is 26.0 Å². The van der Waals surface area contributed by atoms with Gasteiger partial charge < -0.3 is 9.84 Å². The summed E-state index contributed by atoms with van der Waals surface area (Å²) in [6.07, 6.45) is 1.55. The van der Waals surface area contributed by atoms with Gasteiger partial charge in [0, 0.05) is 17.3 Å². The van der Waals surface area contributed by atoms with Crippen molar-refractivity contribution in [3.8, 4) is 0 Å². The molecule has 1 amide bonds. The van der Waals surface area contributed by atoms with Crippen molar-refractivity contribution in [1.82, 2.24) is 20.4 Å². The van der Waals surface area contributed by atoms with Crippen molar-refractivity contribution < 1.29 is 9.32 Å². The third-order valence-corrected chi connectivity index (χ3v) is 3.00. The van der Waals surface area contributed by atoms with E-state index in [9.17, 15) is 4.79 Å². The van der Waals surface area contributed by atoms with Crippen LogP contribution in [0.25, 0.3) is 0 Å². The molecule has 2 heterocycles. The van der Waals surface area contributed by atoms with Crippen molar-refractivity contribution in [2.45, 2.75) is 46.1 Å². The number of aryl methyl sites for hydroxylation is 1. The van der Waals surface area contributed by atoms with E-state index in [0.29, 0.717) is 17.3 Å². The van der Waals surface area contributed by atoms with Crippen LogP contribution in [0.3, 0.4) is 0 Å². The largest absolute Gasteiger partial charge is 0.340 e. The van der Waals surface area contributed by atoms with E-state index >= 15 is 0 Å². The van der Waals surface area contributed by atoms with Crippen LogP contribution in [-0.2, 0) is 5.41 Å². The first-order valence-corrected chi connectivity index (χ1v) is 6.85. The van der Waals surface area contributed by atoms with E-state index < -0.39 is 0 Å². The molecular weight excluding hydrogens is 268 g/mol. The number of amides is 1. The van der Waals surface area contributed by atoms with Crippen LogP contribution in [-0.4, -0.2) is 21.0 Å². The number of nitrogens with zero attached hydrogens (tertiary/aromatic N) is 3. The van der Waals surface area contributed by atoms with E-state index in [4.69, 9.17) is 4.52 Å². The van der Waals surface area contributed by atoms with Crippen LogP contribution >= 0.6 is 0 Å². The van der Waals surface area contributed by atoms with Gasteiger partial charge in [0.1, 0.15) is 6.04 Å². The Labute approximate surface area is 124 Å². The summed E-state index contributed by atoms with van der Waals surface area (Å²) < 4.78 is 5.22. The van der Waals surface area contributed by atoms with Gasteiger partial charge in [-0.2, -0.15) is 4.98 Å². The lowest BCUT2D eigenvalue weighted by atomic mass is 9.96. The molecule has 6 nitrogen and oxygen atoms in total. The Morgan fingerprint density at radius 2 is 2.05 bits per heavy atom. The van der Waals surface area contributed by atoms with Crippen LogP contribution in [0.4, 0.5) is 0 Å². The topological polar surface area (TPSA) is 80.9 Å². The molecule has 0 saturated heterocycles. The second-order valence-electron chi connectivity index (χ2n) is 6.09. The van der Waals surface area contributed by atoms with Crippen LogP contribution in [0, 0.1) is 6.92 Å². The van der Waals surface area contributed by atoms with Gasteiger partial charge in [-0.25, -0.2) is 0 Å². The van der Waals surface area contributed by atoms with Crippen molar-refractivity contribution in [1.29, 1.82) is 0 Å². The van der Waals surface area contributed by atoms with Crippen LogP contribution < -0.4 is 5.32 Å². The van der Waals surface area contributed by atoms with E-state index in [2.05, 4.69) is 20.4 Å². The zero-order valence-electron chi connectivity index (χ0n) is 13.0. The highest BCUT2D eigenvalue weighted by Gasteiger charge is 2.24. The van der Waals surface area contributed by atoms with E-state index in [1.807, 2.05) is 27.7 Å². The third kappa shape index (κ3) is 3.65. The molecule has 2 aromatic rings. The highest BCUT2D eigenvalue weighted by Crippen LogP contribution is 2.20. The van der Waals surface area contributed by atoms with Crippen molar-refractivity contribution in [3.63, 3.8) is 0 Å². The Hall–Kier alpha value is -2.24. The molecule has 0 saturated carbocycles. The molecule has 0 spiro atoms. The van der Waals surface area contributed by atoms with E-state index in [1.54, 1.807) is 25.3 Å². The van der Waals surface area contributed by atoms with Gasteiger partial charge in [0.25, 0.3) is 5.91 Å². The molecule has 2 aromatic heterocycles. The van der Waals surface area contributed by atoms with Gasteiger partial charge in [0.05, 0.1) is 5.56 Å². The molecule has 1 N–H and O–H groups in total. The lowest BCUT2D eigenvalue weighted by molar-refractivity contribution is 0.0932. The second-order valence-corrected chi connectivity index (χ2v) is 6.09. The van der Waals surface area contributed by atoms with E-state index in [-0.39, 0.29) is 17.4 Å². The maximum Gasteiger partial charge on any atom is 0.253 e. The minimum atomic E-state index is -0.359. The smallest absolute Gasteiger partial charge is 0.253 e. The number of carbonyl (C=O) groups is 1. The molecule has 2 rings (SSSR count). The predicted octanol–water partition coefficient (Wildman–Crippen LogP) is 2.56. The molecule has 0 aromatic carbocycles.